The van der Waals surface area contributed by atoms with Crippen LogP contribution in [0, 0.1) is 5.92 Å². The van der Waals surface area contributed by atoms with Crippen LogP contribution in [0.15, 0.2) is 12.7 Å². The highest BCUT2D eigenvalue weighted by atomic mass is 32.2. The lowest BCUT2D eigenvalue weighted by Crippen LogP contribution is -2.71. The molecule has 3 atom stereocenters. The molecule has 6 nitrogen and oxygen atoms in total. The lowest BCUT2D eigenvalue weighted by Gasteiger charge is -2.45. The molecule has 2 heterocycles. The van der Waals surface area contributed by atoms with Crippen molar-refractivity contribution in [1.82, 2.24) is 5.32 Å². The zero-order valence-corrected chi connectivity index (χ0v) is 18.7. The molecule has 1 amide bonds. The van der Waals surface area contributed by atoms with Gasteiger partial charge in [-0.1, -0.05) is 33.4 Å². The van der Waals surface area contributed by atoms with Crippen molar-refractivity contribution in [2.24, 2.45) is 5.92 Å². The molecule has 0 saturated carbocycles. The molecule has 2 fully saturated rings. The number of ether oxygens (including phenoxy) is 1. The Balaban J connectivity index is 2.09. The molecule has 1 N–H and O–H groups in total. The smallest absolute Gasteiger partial charge is 0.332 e. The third-order valence-electron chi connectivity index (χ3n) is 5.88. The Labute approximate surface area is 166 Å². The van der Waals surface area contributed by atoms with Gasteiger partial charge < -0.3 is 14.5 Å². The number of carbonyl (C=O) groups is 3. The number of ketones is 1. The SMILES string of the molecule is C=CCOC(=O)[C@]1([C@H]2NC(=O)[C@H]2CCO[Si](C)(C)C(C)(C)C)SCCC1=O. The summed E-state index contributed by atoms with van der Waals surface area (Å²) in [6.45, 7) is 14.8. The third-order valence-corrected chi connectivity index (χ3v) is 11.9. The maximum absolute atomic E-state index is 12.7. The topological polar surface area (TPSA) is 81.7 Å². The fourth-order valence-corrected chi connectivity index (χ4v) is 5.65. The van der Waals surface area contributed by atoms with Crippen molar-refractivity contribution in [3.8, 4) is 0 Å². The van der Waals surface area contributed by atoms with E-state index in [4.69, 9.17) is 9.16 Å². The lowest BCUT2D eigenvalue weighted by atomic mass is 9.76. The average molecular weight is 414 g/mol. The summed E-state index contributed by atoms with van der Waals surface area (Å²) in [5.41, 5.74) is 0. The quantitative estimate of drug-likeness (QED) is 0.217. The van der Waals surface area contributed by atoms with E-state index in [1.54, 1.807) is 0 Å². The van der Waals surface area contributed by atoms with Crippen LogP contribution in [0.25, 0.3) is 0 Å². The molecular formula is C19H31NO5SSi. The molecule has 0 aromatic heterocycles. The molecule has 0 aliphatic carbocycles. The van der Waals surface area contributed by atoms with Crippen LogP contribution in [0.2, 0.25) is 18.1 Å². The number of esters is 1. The molecule has 27 heavy (non-hydrogen) atoms. The summed E-state index contributed by atoms with van der Waals surface area (Å²) >= 11 is 1.28. The largest absolute Gasteiger partial charge is 0.460 e. The molecule has 2 aliphatic heterocycles. The van der Waals surface area contributed by atoms with Gasteiger partial charge in [0.15, 0.2) is 18.8 Å². The van der Waals surface area contributed by atoms with Gasteiger partial charge in [-0.25, -0.2) is 4.79 Å². The standard InChI is InChI=1S/C19H31NO5SSi/c1-7-10-24-17(23)19(14(21)9-12-26-19)15-13(16(22)20-15)8-11-25-27(5,6)18(2,3)4/h7,13,15H,1,8-12H2,2-6H3,(H,20,22)/t13-,15-,19-/m0/s1. The van der Waals surface area contributed by atoms with E-state index in [-0.39, 0.29) is 23.3 Å². The Kier molecular flexibility index (Phi) is 6.64. The number of carbonyl (C=O) groups excluding carboxylic acids is 3. The van der Waals surface area contributed by atoms with E-state index in [1.165, 1.54) is 17.8 Å². The fraction of sp³-hybridized carbons (Fsp3) is 0.737. The molecule has 8 heteroatoms. The van der Waals surface area contributed by atoms with E-state index in [9.17, 15) is 14.4 Å². The summed E-state index contributed by atoms with van der Waals surface area (Å²) in [5, 5.41) is 2.87. The zero-order valence-electron chi connectivity index (χ0n) is 16.9. The molecule has 0 aromatic carbocycles. The Morgan fingerprint density at radius 3 is 2.56 bits per heavy atom. The molecule has 152 valence electrons. The molecule has 2 aliphatic rings. The van der Waals surface area contributed by atoms with E-state index >= 15 is 0 Å². The number of hydrogen-bond acceptors (Lipinski definition) is 6. The second kappa shape index (κ2) is 8.09. The maximum atomic E-state index is 12.7. The highest BCUT2D eigenvalue weighted by Crippen LogP contribution is 2.45. The van der Waals surface area contributed by atoms with E-state index in [0.29, 0.717) is 25.2 Å². The summed E-state index contributed by atoms with van der Waals surface area (Å²) in [4.78, 5) is 37.5. The molecule has 0 bridgehead atoms. The van der Waals surface area contributed by atoms with Crippen LogP contribution in [-0.4, -0.2) is 55.7 Å². The second-order valence-corrected chi connectivity index (χ2v) is 14.8. The predicted molar refractivity (Wildman–Crippen MR) is 109 cm³/mol. The first-order chi connectivity index (χ1) is 12.5. The number of amides is 1. The number of nitrogens with one attached hydrogen (secondary N) is 1. The first-order valence-corrected chi connectivity index (χ1v) is 13.3. The summed E-state index contributed by atoms with van der Waals surface area (Å²) in [7, 11) is -1.91. The zero-order chi connectivity index (χ0) is 20.5. The van der Waals surface area contributed by atoms with Gasteiger partial charge >= 0.3 is 5.97 Å². The number of β-lactam (4-membered cyclic amide) rings is 1. The molecule has 0 unspecified atom stereocenters. The van der Waals surface area contributed by atoms with Crippen LogP contribution in [0.3, 0.4) is 0 Å². The van der Waals surface area contributed by atoms with Gasteiger partial charge in [0.05, 0.1) is 12.0 Å². The lowest BCUT2D eigenvalue weighted by molar-refractivity contribution is -0.153. The van der Waals surface area contributed by atoms with Gasteiger partial charge in [-0.2, -0.15) is 0 Å². The Bertz CT molecular complexity index is 630. The highest BCUT2D eigenvalue weighted by molar-refractivity contribution is 8.02. The van der Waals surface area contributed by atoms with Crippen molar-refractivity contribution in [3.05, 3.63) is 12.7 Å². The second-order valence-electron chi connectivity index (χ2n) is 8.63. The van der Waals surface area contributed by atoms with Crippen molar-refractivity contribution in [2.45, 2.75) is 62.5 Å². The van der Waals surface area contributed by atoms with Crippen LogP contribution in [0.1, 0.15) is 33.6 Å². The Hall–Kier alpha value is -1.12. The minimum Gasteiger partial charge on any atom is -0.460 e. The van der Waals surface area contributed by atoms with Crippen molar-refractivity contribution in [1.29, 1.82) is 0 Å². The van der Waals surface area contributed by atoms with Gasteiger partial charge in [0.1, 0.15) is 6.61 Å². The monoisotopic (exact) mass is 413 g/mol. The van der Waals surface area contributed by atoms with E-state index in [0.717, 1.165) is 0 Å². The van der Waals surface area contributed by atoms with E-state index < -0.39 is 31.0 Å². The third kappa shape index (κ3) is 4.17. The first kappa shape index (κ1) is 22.2. The van der Waals surface area contributed by atoms with E-state index in [2.05, 4.69) is 45.8 Å². The van der Waals surface area contributed by atoms with Crippen LogP contribution >= 0.6 is 11.8 Å². The highest BCUT2D eigenvalue weighted by Gasteiger charge is 2.63. The minimum atomic E-state index is -1.91. The summed E-state index contributed by atoms with van der Waals surface area (Å²) in [6, 6.07) is -0.537. The summed E-state index contributed by atoms with van der Waals surface area (Å²) in [6.07, 6.45) is 2.28. The number of hydrogen-bond donors (Lipinski definition) is 1. The number of Topliss-reactive ketones (excluding diaryl/α,β-unsaturated/α-hetero) is 1. The van der Waals surface area contributed by atoms with Crippen LogP contribution in [0.4, 0.5) is 0 Å². The van der Waals surface area contributed by atoms with Gasteiger partial charge in [-0.05, 0) is 24.6 Å². The van der Waals surface area contributed by atoms with Gasteiger partial charge in [-0.3, -0.25) is 9.59 Å². The van der Waals surface area contributed by atoms with Crippen LogP contribution in [0.5, 0.6) is 0 Å². The average Bonchev–Trinajstić information content (AvgIpc) is 2.95. The van der Waals surface area contributed by atoms with Crippen molar-refractivity contribution in [2.75, 3.05) is 19.0 Å². The van der Waals surface area contributed by atoms with Gasteiger partial charge in [0.25, 0.3) is 0 Å². The minimum absolute atomic E-state index is 0.0498. The number of thioether (sulfide) groups is 1. The van der Waals surface area contributed by atoms with Crippen molar-refractivity contribution in [3.63, 3.8) is 0 Å². The van der Waals surface area contributed by atoms with Crippen LogP contribution < -0.4 is 5.32 Å². The van der Waals surface area contributed by atoms with Crippen LogP contribution in [-0.2, 0) is 23.5 Å². The summed E-state index contributed by atoms with van der Waals surface area (Å²) < 4.78 is 10.1. The predicted octanol–water partition coefficient (Wildman–Crippen LogP) is 2.69. The molecular weight excluding hydrogens is 382 g/mol. The van der Waals surface area contributed by atoms with Crippen molar-refractivity contribution < 1.29 is 23.5 Å². The summed E-state index contributed by atoms with van der Waals surface area (Å²) in [5.74, 6) is -0.727. The Morgan fingerprint density at radius 1 is 1.41 bits per heavy atom. The molecule has 0 radical (unpaired) electrons. The fourth-order valence-electron chi connectivity index (χ4n) is 3.13. The number of rotatable bonds is 8. The molecule has 2 saturated heterocycles. The normalized spacial score (nSPS) is 28.5. The molecule has 0 spiro atoms. The molecule has 0 aromatic rings. The first-order valence-electron chi connectivity index (χ1n) is 9.37. The van der Waals surface area contributed by atoms with Crippen molar-refractivity contribution >= 4 is 37.7 Å². The molecule has 2 rings (SSSR count). The van der Waals surface area contributed by atoms with Gasteiger partial charge in [-0.15, -0.1) is 11.8 Å². The van der Waals surface area contributed by atoms with Gasteiger partial charge in [0, 0.05) is 18.8 Å². The Morgan fingerprint density at radius 2 is 2.07 bits per heavy atom. The van der Waals surface area contributed by atoms with E-state index in [1.807, 2.05) is 0 Å². The maximum Gasteiger partial charge on any atom is 0.332 e. The van der Waals surface area contributed by atoms with Gasteiger partial charge in [0.2, 0.25) is 5.91 Å².